The third kappa shape index (κ3) is 2.09. The first-order valence-corrected chi connectivity index (χ1v) is 5.27. The van der Waals surface area contributed by atoms with Crippen molar-refractivity contribution in [3.05, 3.63) is 21.9 Å². The van der Waals surface area contributed by atoms with Gasteiger partial charge in [0.2, 0.25) is 0 Å². The van der Waals surface area contributed by atoms with Crippen molar-refractivity contribution in [1.82, 2.24) is 5.32 Å². The van der Waals surface area contributed by atoms with E-state index in [0.29, 0.717) is 5.54 Å². The number of hydrogen-bond acceptors (Lipinski definition) is 3. The van der Waals surface area contributed by atoms with Gasteiger partial charge in [0.1, 0.15) is 10.9 Å². The molecule has 1 saturated carbocycles. The molecule has 0 atom stereocenters. The van der Waals surface area contributed by atoms with Gasteiger partial charge < -0.3 is 5.32 Å². The van der Waals surface area contributed by atoms with Crippen LogP contribution in [-0.4, -0.2) is 5.54 Å². The highest BCUT2D eigenvalue weighted by Crippen LogP contribution is 2.34. The number of rotatable bonds is 3. The molecule has 0 aliphatic heterocycles. The molecule has 0 unspecified atom stereocenters. The minimum absolute atomic E-state index is 0.386. The lowest BCUT2D eigenvalue weighted by atomic mass is 10.3. The quantitative estimate of drug-likeness (QED) is 0.797. The van der Waals surface area contributed by atoms with E-state index in [4.69, 9.17) is 5.26 Å². The third-order valence-electron chi connectivity index (χ3n) is 2.46. The monoisotopic (exact) mass is 192 g/mol. The highest BCUT2D eigenvalue weighted by atomic mass is 32.1. The second-order valence-electron chi connectivity index (χ2n) is 3.79. The van der Waals surface area contributed by atoms with E-state index in [0.717, 1.165) is 11.4 Å². The Morgan fingerprint density at radius 3 is 2.92 bits per heavy atom. The molecule has 1 aliphatic rings. The summed E-state index contributed by atoms with van der Waals surface area (Å²) in [6.07, 6.45) is 2.56. The Kier molecular flexibility index (Phi) is 2.10. The number of nitrogens with zero attached hydrogens (tertiary/aromatic N) is 1. The number of nitriles is 1. The first-order valence-electron chi connectivity index (χ1n) is 4.46. The molecule has 0 aromatic carbocycles. The van der Waals surface area contributed by atoms with Crippen LogP contribution in [0.15, 0.2) is 12.1 Å². The van der Waals surface area contributed by atoms with Crippen molar-refractivity contribution in [2.75, 3.05) is 0 Å². The summed E-state index contributed by atoms with van der Waals surface area (Å²) in [7, 11) is 0. The Labute approximate surface area is 82.2 Å². The van der Waals surface area contributed by atoms with Crippen LogP contribution in [0.2, 0.25) is 0 Å². The molecule has 2 nitrogen and oxygen atoms in total. The highest BCUT2D eigenvalue weighted by molar-refractivity contribution is 7.12. The standard InChI is InChI=1S/C10H12N2S/c1-10(4-5-10)12-7-9-3-2-8(6-11)13-9/h2-3,12H,4-5,7H2,1H3. The molecule has 2 rings (SSSR count). The predicted molar refractivity (Wildman–Crippen MR) is 53.5 cm³/mol. The van der Waals surface area contributed by atoms with Gasteiger partial charge in [0.15, 0.2) is 0 Å². The van der Waals surface area contributed by atoms with Crippen molar-refractivity contribution < 1.29 is 0 Å². The van der Waals surface area contributed by atoms with Crippen LogP contribution in [0.4, 0.5) is 0 Å². The van der Waals surface area contributed by atoms with Crippen molar-refractivity contribution in [2.45, 2.75) is 31.8 Å². The number of thiophene rings is 1. The minimum Gasteiger partial charge on any atom is -0.307 e. The normalized spacial score (nSPS) is 18.2. The second kappa shape index (κ2) is 3.13. The van der Waals surface area contributed by atoms with Crippen LogP contribution in [0.3, 0.4) is 0 Å². The van der Waals surface area contributed by atoms with Gasteiger partial charge in [-0.3, -0.25) is 0 Å². The molecule has 1 aromatic heterocycles. The molecular formula is C10H12N2S. The summed E-state index contributed by atoms with van der Waals surface area (Å²) in [5, 5.41) is 12.1. The molecule has 1 fully saturated rings. The maximum atomic E-state index is 8.63. The van der Waals surface area contributed by atoms with Gasteiger partial charge in [-0.2, -0.15) is 5.26 Å². The van der Waals surface area contributed by atoms with Crippen molar-refractivity contribution in [2.24, 2.45) is 0 Å². The fraction of sp³-hybridized carbons (Fsp3) is 0.500. The van der Waals surface area contributed by atoms with E-state index in [1.807, 2.05) is 12.1 Å². The van der Waals surface area contributed by atoms with E-state index in [1.165, 1.54) is 17.7 Å². The maximum Gasteiger partial charge on any atom is 0.110 e. The molecule has 1 heterocycles. The lowest BCUT2D eigenvalue weighted by Gasteiger charge is -2.08. The zero-order chi connectivity index (χ0) is 9.31. The van der Waals surface area contributed by atoms with Crippen LogP contribution in [-0.2, 0) is 6.54 Å². The third-order valence-corrected chi connectivity index (χ3v) is 3.45. The van der Waals surface area contributed by atoms with E-state index in [-0.39, 0.29) is 0 Å². The molecule has 1 aliphatic carbocycles. The average molecular weight is 192 g/mol. The minimum atomic E-state index is 0.386. The van der Waals surface area contributed by atoms with E-state index in [1.54, 1.807) is 11.3 Å². The van der Waals surface area contributed by atoms with Gasteiger partial charge in [-0.25, -0.2) is 0 Å². The van der Waals surface area contributed by atoms with Crippen LogP contribution in [0.25, 0.3) is 0 Å². The van der Waals surface area contributed by atoms with Gasteiger partial charge in [-0.15, -0.1) is 11.3 Å². The van der Waals surface area contributed by atoms with Gasteiger partial charge in [0, 0.05) is 17.0 Å². The Balaban J connectivity index is 1.91. The molecule has 1 aromatic rings. The lowest BCUT2D eigenvalue weighted by Crippen LogP contribution is -2.26. The van der Waals surface area contributed by atoms with Crippen molar-refractivity contribution in [3.63, 3.8) is 0 Å². The van der Waals surface area contributed by atoms with Crippen LogP contribution < -0.4 is 5.32 Å². The van der Waals surface area contributed by atoms with E-state index in [2.05, 4.69) is 18.3 Å². The van der Waals surface area contributed by atoms with E-state index < -0.39 is 0 Å². The Bertz CT molecular complexity index is 344. The molecule has 0 amide bonds. The van der Waals surface area contributed by atoms with Crippen molar-refractivity contribution in [1.29, 1.82) is 5.26 Å². The Morgan fingerprint density at radius 1 is 1.62 bits per heavy atom. The van der Waals surface area contributed by atoms with Crippen LogP contribution in [0.1, 0.15) is 29.5 Å². The summed E-state index contributed by atoms with van der Waals surface area (Å²) in [4.78, 5) is 2.06. The molecule has 3 heteroatoms. The van der Waals surface area contributed by atoms with Crippen LogP contribution >= 0.6 is 11.3 Å². The largest absolute Gasteiger partial charge is 0.307 e. The highest BCUT2D eigenvalue weighted by Gasteiger charge is 2.36. The zero-order valence-electron chi connectivity index (χ0n) is 7.63. The summed E-state index contributed by atoms with van der Waals surface area (Å²) in [6, 6.07) is 6.07. The summed E-state index contributed by atoms with van der Waals surface area (Å²) in [5.74, 6) is 0. The molecule has 0 radical (unpaired) electrons. The fourth-order valence-electron chi connectivity index (χ4n) is 1.20. The molecule has 13 heavy (non-hydrogen) atoms. The van der Waals surface area contributed by atoms with Gasteiger partial charge in [0.05, 0.1) is 0 Å². The van der Waals surface area contributed by atoms with E-state index in [9.17, 15) is 0 Å². The molecular weight excluding hydrogens is 180 g/mol. The van der Waals surface area contributed by atoms with E-state index >= 15 is 0 Å². The summed E-state index contributed by atoms with van der Waals surface area (Å²) in [6.45, 7) is 3.15. The maximum absolute atomic E-state index is 8.63. The Morgan fingerprint density at radius 2 is 2.38 bits per heavy atom. The van der Waals surface area contributed by atoms with Crippen molar-refractivity contribution >= 4 is 11.3 Å². The molecule has 0 saturated heterocycles. The van der Waals surface area contributed by atoms with Crippen molar-refractivity contribution in [3.8, 4) is 6.07 Å². The topological polar surface area (TPSA) is 35.8 Å². The fourth-order valence-corrected chi connectivity index (χ4v) is 1.94. The Hall–Kier alpha value is -0.850. The van der Waals surface area contributed by atoms with Gasteiger partial charge in [0.25, 0.3) is 0 Å². The second-order valence-corrected chi connectivity index (χ2v) is 4.96. The molecule has 1 N–H and O–H groups in total. The smallest absolute Gasteiger partial charge is 0.110 e. The SMILES string of the molecule is CC1(NCc2ccc(C#N)s2)CC1. The van der Waals surface area contributed by atoms with Crippen LogP contribution in [0.5, 0.6) is 0 Å². The molecule has 0 spiro atoms. The number of hydrogen-bond donors (Lipinski definition) is 1. The van der Waals surface area contributed by atoms with Crippen LogP contribution in [0, 0.1) is 11.3 Å². The van der Waals surface area contributed by atoms with Gasteiger partial charge in [-0.05, 0) is 31.9 Å². The summed E-state index contributed by atoms with van der Waals surface area (Å²) >= 11 is 1.58. The zero-order valence-corrected chi connectivity index (χ0v) is 8.45. The summed E-state index contributed by atoms with van der Waals surface area (Å²) < 4.78 is 0. The molecule has 0 bridgehead atoms. The van der Waals surface area contributed by atoms with Gasteiger partial charge >= 0.3 is 0 Å². The first-order chi connectivity index (χ1) is 6.22. The number of nitrogens with one attached hydrogen (secondary N) is 1. The first kappa shape index (κ1) is 8.74. The average Bonchev–Trinajstić information content (AvgIpc) is 2.69. The lowest BCUT2D eigenvalue weighted by molar-refractivity contribution is 0.541. The summed E-state index contributed by atoms with van der Waals surface area (Å²) in [5.41, 5.74) is 0.386. The predicted octanol–water partition coefficient (Wildman–Crippen LogP) is 2.26. The van der Waals surface area contributed by atoms with Gasteiger partial charge in [-0.1, -0.05) is 0 Å². The molecule has 68 valence electrons.